The number of hydrogen-bond acceptors (Lipinski definition) is 6. The van der Waals surface area contributed by atoms with Gasteiger partial charge in [-0.1, -0.05) is 63.2 Å². The molecule has 3 aromatic carbocycles. The van der Waals surface area contributed by atoms with E-state index < -0.39 is 5.97 Å². The second kappa shape index (κ2) is 15.2. The van der Waals surface area contributed by atoms with E-state index in [1.54, 1.807) is 18.1 Å². The minimum absolute atomic E-state index is 0.103. The Morgan fingerprint density at radius 2 is 1.58 bits per heavy atom. The number of amides is 1. The van der Waals surface area contributed by atoms with Crippen LogP contribution in [0, 0.1) is 0 Å². The lowest BCUT2D eigenvalue weighted by atomic mass is 9.87. The first-order valence-corrected chi connectivity index (χ1v) is 14.6. The van der Waals surface area contributed by atoms with Crippen molar-refractivity contribution in [1.82, 2.24) is 9.91 Å². The standard InChI is InChI=1S/C35H45N3O5/c1-8-38(24-39)33(36-37(5)23-25-12-17-30(18-13-25)35(2,3)4)11-9-10-26-14-15-28(21-32(26)43-7)27-16-19-31(42-6)29(20-27)22-34(40)41/h12-21,24H,8-11,22-23H2,1-7H3,(H,40,41)/b36-33-. The lowest BCUT2D eigenvalue weighted by Gasteiger charge is -2.23. The molecule has 1 amide bonds. The maximum Gasteiger partial charge on any atom is 0.307 e. The van der Waals surface area contributed by atoms with Gasteiger partial charge in [0.05, 0.1) is 27.2 Å². The van der Waals surface area contributed by atoms with Crippen molar-refractivity contribution >= 4 is 18.2 Å². The third-order valence-corrected chi connectivity index (χ3v) is 7.41. The van der Waals surface area contributed by atoms with E-state index in [1.165, 1.54) is 12.7 Å². The number of methoxy groups -OCH3 is 2. The zero-order valence-electron chi connectivity index (χ0n) is 26.5. The van der Waals surface area contributed by atoms with Gasteiger partial charge in [0.25, 0.3) is 0 Å². The van der Waals surface area contributed by atoms with Crippen molar-refractivity contribution in [3.63, 3.8) is 0 Å². The number of nitrogens with zero attached hydrogens (tertiary/aromatic N) is 3. The molecule has 230 valence electrons. The molecule has 0 saturated carbocycles. The third kappa shape index (κ3) is 9.33. The molecule has 0 aliphatic carbocycles. The Balaban J connectivity index is 1.73. The zero-order chi connectivity index (χ0) is 31.6. The molecule has 43 heavy (non-hydrogen) atoms. The van der Waals surface area contributed by atoms with Gasteiger partial charge in [-0.05, 0) is 71.2 Å². The van der Waals surface area contributed by atoms with Crippen LogP contribution in [0.2, 0.25) is 0 Å². The smallest absolute Gasteiger partial charge is 0.307 e. The van der Waals surface area contributed by atoms with Crippen LogP contribution in [0.3, 0.4) is 0 Å². The van der Waals surface area contributed by atoms with Crippen molar-refractivity contribution in [2.45, 2.75) is 65.3 Å². The topological polar surface area (TPSA) is 91.7 Å². The molecule has 0 radical (unpaired) electrons. The highest BCUT2D eigenvalue weighted by Crippen LogP contribution is 2.32. The molecule has 0 spiro atoms. The van der Waals surface area contributed by atoms with E-state index in [1.807, 2.05) is 49.3 Å². The molecule has 0 aliphatic rings. The molecule has 0 atom stereocenters. The minimum Gasteiger partial charge on any atom is -0.496 e. The van der Waals surface area contributed by atoms with Gasteiger partial charge in [-0.15, -0.1) is 0 Å². The fourth-order valence-corrected chi connectivity index (χ4v) is 5.00. The summed E-state index contributed by atoms with van der Waals surface area (Å²) in [4.78, 5) is 24.8. The quantitative estimate of drug-likeness (QED) is 0.0997. The molecule has 0 bridgehead atoms. The van der Waals surface area contributed by atoms with E-state index in [9.17, 15) is 14.7 Å². The Hall–Kier alpha value is -4.33. The summed E-state index contributed by atoms with van der Waals surface area (Å²) in [6.07, 6.45) is 2.86. The fraction of sp³-hybridized carbons (Fsp3) is 0.400. The van der Waals surface area contributed by atoms with Crippen LogP contribution in [0.15, 0.2) is 65.8 Å². The highest BCUT2D eigenvalue weighted by atomic mass is 16.5. The number of rotatable bonds is 14. The van der Waals surface area contributed by atoms with Crippen LogP contribution in [0.4, 0.5) is 0 Å². The summed E-state index contributed by atoms with van der Waals surface area (Å²) in [5, 5.41) is 16.0. The van der Waals surface area contributed by atoms with Gasteiger partial charge in [-0.25, -0.2) is 0 Å². The molecule has 0 aromatic heterocycles. The fourth-order valence-electron chi connectivity index (χ4n) is 5.00. The van der Waals surface area contributed by atoms with Gasteiger partial charge in [-0.3, -0.25) is 14.6 Å². The SMILES string of the molecule is CCN(C=O)/C(CCCc1ccc(-c2ccc(OC)c(CC(=O)O)c2)cc1OC)=N\N(C)Cc1ccc(C(C)(C)C)cc1. The predicted octanol–water partition coefficient (Wildman–Crippen LogP) is 6.54. The monoisotopic (exact) mass is 587 g/mol. The number of carboxylic acid groups (broad SMARTS) is 1. The summed E-state index contributed by atoms with van der Waals surface area (Å²) in [7, 11) is 5.11. The normalized spacial score (nSPS) is 11.7. The third-order valence-electron chi connectivity index (χ3n) is 7.41. The summed E-state index contributed by atoms with van der Waals surface area (Å²) in [6.45, 7) is 9.73. The molecule has 0 heterocycles. The first-order chi connectivity index (χ1) is 20.5. The van der Waals surface area contributed by atoms with Crippen molar-refractivity contribution in [2.24, 2.45) is 5.10 Å². The number of aryl methyl sites for hydroxylation is 1. The van der Waals surface area contributed by atoms with Crippen molar-refractivity contribution in [3.05, 3.63) is 82.9 Å². The van der Waals surface area contributed by atoms with Crippen LogP contribution in [0.5, 0.6) is 11.5 Å². The molecular weight excluding hydrogens is 542 g/mol. The Morgan fingerprint density at radius 1 is 0.930 bits per heavy atom. The molecular formula is C35H45N3O5. The van der Waals surface area contributed by atoms with E-state index in [0.29, 0.717) is 30.8 Å². The molecule has 0 unspecified atom stereocenters. The Morgan fingerprint density at radius 3 is 2.16 bits per heavy atom. The van der Waals surface area contributed by atoms with Crippen LogP contribution in [-0.4, -0.2) is 61.0 Å². The highest BCUT2D eigenvalue weighted by molar-refractivity contribution is 5.90. The summed E-state index contributed by atoms with van der Waals surface area (Å²) in [5.41, 5.74) is 6.02. The number of aliphatic carboxylic acids is 1. The highest BCUT2D eigenvalue weighted by Gasteiger charge is 2.15. The first kappa shape index (κ1) is 33.2. The average molecular weight is 588 g/mol. The largest absolute Gasteiger partial charge is 0.496 e. The predicted molar refractivity (Wildman–Crippen MR) is 172 cm³/mol. The molecule has 3 rings (SSSR count). The van der Waals surface area contributed by atoms with Crippen LogP contribution in [0.1, 0.15) is 62.8 Å². The van der Waals surface area contributed by atoms with Crippen LogP contribution in [-0.2, 0) is 34.4 Å². The Labute approximate surface area is 255 Å². The number of carboxylic acids is 1. The Kier molecular flexibility index (Phi) is 11.8. The van der Waals surface area contributed by atoms with Crippen LogP contribution >= 0.6 is 0 Å². The maximum absolute atomic E-state index is 11.8. The average Bonchev–Trinajstić information content (AvgIpc) is 2.97. The number of ether oxygens (including phenoxy) is 2. The molecule has 0 saturated heterocycles. The van der Waals surface area contributed by atoms with Crippen LogP contribution in [0.25, 0.3) is 11.1 Å². The van der Waals surface area contributed by atoms with E-state index in [4.69, 9.17) is 14.6 Å². The number of carbonyl (C=O) groups excluding carboxylic acids is 1. The summed E-state index contributed by atoms with van der Waals surface area (Å²) < 4.78 is 11.1. The van der Waals surface area contributed by atoms with Gasteiger partial charge >= 0.3 is 5.97 Å². The number of hydrogen-bond donors (Lipinski definition) is 1. The molecule has 8 nitrogen and oxygen atoms in total. The van der Waals surface area contributed by atoms with Crippen molar-refractivity contribution in [2.75, 3.05) is 27.8 Å². The van der Waals surface area contributed by atoms with Crippen molar-refractivity contribution < 1.29 is 24.2 Å². The van der Waals surface area contributed by atoms with E-state index in [2.05, 4.69) is 45.0 Å². The van der Waals surface area contributed by atoms with Gasteiger partial charge in [0.2, 0.25) is 6.41 Å². The lowest BCUT2D eigenvalue weighted by Crippen LogP contribution is -2.31. The van der Waals surface area contributed by atoms with Crippen molar-refractivity contribution in [1.29, 1.82) is 0 Å². The second-order valence-corrected chi connectivity index (χ2v) is 11.6. The Bertz CT molecular complexity index is 1410. The summed E-state index contributed by atoms with van der Waals surface area (Å²) in [6, 6.07) is 20.2. The van der Waals surface area contributed by atoms with E-state index >= 15 is 0 Å². The number of amidine groups is 1. The zero-order valence-corrected chi connectivity index (χ0v) is 26.5. The molecule has 1 N–H and O–H groups in total. The molecule has 3 aromatic rings. The lowest BCUT2D eigenvalue weighted by molar-refractivity contribution is -0.136. The summed E-state index contributed by atoms with van der Waals surface area (Å²) >= 11 is 0. The first-order valence-electron chi connectivity index (χ1n) is 14.6. The van der Waals surface area contributed by atoms with Crippen molar-refractivity contribution in [3.8, 4) is 22.6 Å². The van der Waals surface area contributed by atoms with Gasteiger partial charge in [0.1, 0.15) is 17.3 Å². The number of hydrazone groups is 1. The second-order valence-electron chi connectivity index (χ2n) is 11.6. The van der Waals surface area contributed by atoms with E-state index in [0.717, 1.165) is 53.1 Å². The minimum atomic E-state index is -0.913. The van der Waals surface area contributed by atoms with Gasteiger partial charge < -0.3 is 19.5 Å². The number of benzene rings is 3. The molecule has 0 fully saturated rings. The van der Waals surface area contributed by atoms with Gasteiger partial charge in [-0.2, -0.15) is 5.10 Å². The maximum atomic E-state index is 11.8. The number of carbonyl (C=O) groups is 2. The van der Waals surface area contributed by atoms with Gasteiger partial charge in [0.15, 0.2) is 0 Å². The van der Waals surface area contributed by atoms with Gasteiger partial charge in [0, 0.05) is 25.6 Å². The van der Waals surface area contributed by atoms with Crippen LogP contribution < -0.4 is 9.47 Å². The molecule has 0 aliphatic heterocycles. The molecule has 8 heteroatoms. The van der Waals surface area contributed by atoms with E-state index in [-0.39, 0.29) is 11.8 Å². The summed E-state index contributed by atoms with van der Waals surface area (Å²) in [5.74, 6) is 1.12.